The van der Waals surface area contributed by atoms with Crippen LogP contribution in [0.3, 0.4) is 0 Å². The first-order valence-electron chi connectivity index (χ1n) is 38.9. The Bertz CT molecular complexity index is 3830. The number of carboxylic acid groups (broad SMARTS) is 19. The number of carbonyl (C=O) groups is 25. The van der Waals surface area contributed by atoms with Gasteiger partial charge in [0.25, 0.3) is 38.8 Å². The van der Waals surface area contributed by atoms with Gasteiger partial charge in [0.2, 0.25) is 0 Å². The van der Waals surface area contributed by atoms with Crippen molar-refractivity contribution in [2.24, 2.45) is 23.2 Å². The first-order chi connectivity index (χ1) is 64.4. The molecule has 0 amide bonds. The summed E-state index contributed by atoms with van der Waals surface area (Å²) < 4.78 is 25.1. The normalized spacial score (nSPS) is 9.26. The van der Waals surface area contributed by atoms with Crippen molar-refractivity contribution in [2.45, 2.75) is 181 Å². The van der Waals surface area contributed by atoms with Crippen molar-refractivity contribution in [3.05, 3.63) is 140 Å². The van der Waals surface area contributed by atoms with Crippen LogP contribution in [0.25, 0.3) is 10.8 Å². The van der Waals surface area contributed by atoms with E-state index < -0.39 is 175 Å². The molecule has 4 aromatic carbocycles. The minimum atomic E-state index is -1.67. The number of ether oxygens (including phenoxy) is 6. The van der Waals surface area contributed by atoms with Crippen LogP contribution in [0.15, 0.2) is 140 Å². The van der Waals surface area contributed by atoms with Crippen LogP contribution in [0.4, 0.5) is 0 Å². The number of aliphatic carboxylic acids is 19. The van der Waals surface area contributed by atoms with Gasteiger partial charge in [0.15, 0.2) is 11.3 Å². The summed E-state index contributed by atoms with van der Waals surface area (Å²) in [7, 11) is 0. The lowest BCUT2D eigenvalue weighted by Gasteiger charge is -2.19. The molecule has 4 aromatic rings. The molecule has 0 spiro atoms. The van der Waals surface area contributed by atoms with Crippen molar-refractivity contribution in [3.8, 4) is 5.75 Å². The molecule has 140 heavy (non-hydrogen) atoms. The van der Waals surface area contributed by atoms with Gasteiger partial charge in [0, 0.05) is 31.4 Å². The quantitative estimate of drug-likeness (QED) is 0.00503. The van der Waals surface area contributed by atoms with E-state index in [2.05, 4.69) is 90.8 Å². The molecule has 0 radical (unpaired) electrons. The molecule has 0 bridgehead atoms. The number of fused-ring (bicyclic) bond motifs is 1. The van der Waals surface area contributed by atoms with Crippen molar-refractivity contribution >= 4 is 163 Å². The number of benzene rings is 4. The number of aromatic hydroxyl groups is 1. The number of phenols is 1. The summed E-state index contributed by atoms with van der Waals surface area (Å²) in [6.07, 6.45) is 0.625. The van der Waals surface area contributed by atoms with E-state index in [1.165, 1.54) is 24.1 Å². The Morgan fingerprint density at radius 3 is 0.829 bits per heavy atom. The van der Waals surface area contributed by atoms with Gasteiger partial charge in [-0.3, -0.25) is 95.9 Å². The minimum absolute atomic E-state index is 0. The summed E-state index contributed by atoms with van der Waals surface area (Å²) in [5, 5.41) is 179. The molecule has 4 rings (SSSR count). The van der Waals surface area contributed by atoms with E-state index in [9.17, 15) is 115 Å². The number of hydrogen-bond acceptors (Lipinski definition) is 34. The lowest BCUT2D eigenvalue weighted by molar-refractivity contribution is -0.163. The van der Waals surface area contributed by atoms with E-state index in [1.54, 1.807) is 24.3 Å². The lowest BCUT2D eigenvalue weighted by atomic mass is 9.95. The highest BCUT2D eigenvalue weighted by molar-refractivity contribution is 5.97. The first-order valence-corrected chi connectivity index (χ1v) is 38.9. The Morgan fingerprint density at radius 1 is 0.357 bits per heavy atom. The van der Waals surface area contributed by atoms with E-state index in [0.717, 1.165) is 27.0 Å². The number of aliphatic hydroxyl groups is 2. The van der Waals surface area contributed by atoms with Gasteiger partial charge in [0.05, 0.1) is 31.9 Å². The van der Waals surface area contributed by atoms with E-state index >= 15 is 0 Å². The number of unbranched alkanes of at least 4 members (excludes halogenated alkanes) is 1. The molecule has 0 heterocycles. The zero-order chi connectivity index (χ0) is 111. The maximum absolute atomic E-state index is 10.7. The van der Waals surface area contributed by atoms with E-state index in [0.29, 0.717) is 49.7 Å². The van der Waals surface area contributed by atoms with E-state index in [4.69, 9.17) is 117 Å². The lowest BCUT2D eigenvalue weighted by Crippen LogP contribution is -2.35. The fraction of sp³-hybridized carbons (Fsp3) is 0.414. The van der Waals surface area contributed by atoms with Crippen molar-refractivity contribution in [1.82, 2.24) is 0 Å². The summed E-state index contributed by atoms with van der Waals surface area (Å²) in [6, 6.07) is 37.4. The first kappa shape index (κ1) is 163. The molecule has 0 fully saturated rings. The molecule has 0 aromatic heterocycles. The predicted molar refractivity (Wildman–Crippen MR) is 486 cm³/mol. The number of hydrogen-bond donors (Lipinski definition) is 22. The second-order valence-electron chi connectivity index (χ2n) is 23.0. The van der Waals surface area contributed by atoms with Crippen LogP contribution >= 0.6 is 0 Å². The SMILES string of the molecule is C.C.CC.CC.CC.CC(C(=O)O)C(=O)O.CC(C)(C(=O)O)C(=O)O.CC(O)C(=O)O.CCC.O=C(O)/C=C\C(=O)O.O=C(O)CC(=O)O.O=C(O)CCC(=O)O.O=C(O)CCCCC(=O)O.O=C(O)CO.O=CO/C=C/C(=O)O.O=COCC(C(=O)O)C(CC(=O)O)OC=O.O=COCC(COC=O)C(=O)O.O=COCCCC(=O)O.Oc1ccccc1.c1ccc2ccccc2c1.c1ccccc1. The number of carboxylic acids is 19. The average molecular weight is 2030 g/mol. The third-order valence-electron chi connectivity index (χ3n) is 11.5. The molecule has 0 saturated heterocycles. The van der Waals surface area contributed by atoms with Gasteiger partial charge in [-0.15, -0.1) is 0 Å². The van der Waals surface area contributed by atoms with Crippen LogP contribution in [0.1, 0.15) is 169 Å². The number of rotatable bonds is 42. The zero-order valence-corrected chi connectivity index (χ0v) is 76.9. The summed E-state index contributed by atoms with van der Waals surface area (Å²) in [4.78, 5) is 244. The van der Waals surface area contributed by atoms with Crippen LogP contribution in [0, 0.1) is 23.2 Å². The van der Waals surface area contributed by atoms with Gasteiger partial charge < -0.3 is 141 Å². The highest BCUT2D eigenvalue weighted by Gasteiger charge is 2.36. The summed E-state index contributed by atoms with van der Waals surface area (Å²) in [5.74, 6) is -26.0. The van der Waals surface area contributed by atoms with Gasteiger partial charge in [-0.1, -0.05) is 180 Å². The third kappa shape index (κ3) is 161. The molecule has 3 atom stereocenters. The highest BCUT2D eigenvalue weighted by atomic mass is 16.6. The van der Waals surface area contributed by atoms with E-state index in [-0.39, 0.29) is 99.1 Å². The molecule has 53 heteroatoms. The summed E-state index contributed by atoms with van der Waals surface area (Å²) >= 11 is 0. The Morgan fingerprint density at radius 2 is 0.643 bits per heavy atom. The number of carbonyl (C=O) groups excluding carboxylic acids is 6. The van der Waals surface area contributed by atoms with Crippen LogP contribution in [0.5, 0.6) is 5.75 Å². The topological polar surface area (TPSA) is 927 Å². The maximum atomic E-state index is 10.7. The molecule has 798 valence electrons. The van der Waals surface area contributed by atoms with Gasteiger partial charge in [-0.05, 0) is 69.9 Å². The molecule has 53 nitrogen and oxygen atoms in total. The molecule has 0 aliphatic rings. The summed E-state index contributed by atoms with van der Waals surface area (Å²) in [6.45, 7) is 19.8. The summed E-state index contributed by atoms with van der Waals surface area (Å²) in [5.41, 5.74) is -1.67. The fourth-order valence-corrected chi connectivity index (χ4v) is 5.18. The predicted octanol–water partition coefficient (Wildman–Crippen LogP) is 7.78. The van der Waals surface area contributed by atoms with Crippen molar-refractivity contribution in [1.29, 1.82) is 0 Å². The largest absolute Gasteiger partial charge is 0.508 e. The smallest absolute Gasteiger partial charge is 0.332 e. The molecule has 22 N–H and O–H groups in total. The molecule has 3 unspecified atom stereocenters. The monoisotopic (exact) mass is 2020 g/mol. The standard InChI is InChI=1S/C10H8.C8H10O8.C6H8O6.C6H10O4.C6H6O.C6H6.2C5H8O4.C4H4O4.2C4H6O4.C4H4O4.C3H4O4.C3H6O3.C3H8.C2H4O3.3C2H6.2CH4/c1-2-6-10-8-4-3-7-9(10)5-1;9-3-15-2-5(8(13)14)6(16-4-10)1-7(11)12;7-3-11-1-5(6(9)10)2-12-4-8;7-5(8)3-1-2-4-6(9)10;7-6-4-2-1-3-5-6;1-2-4-6-5-3-1;1-5(2,3(6)7)4(8)9;6-4-9-3-1-2-5(7)8;5-3-8-2-1-4(6)7;1-2(3(5)6)4(7)8;2*5-3(6)1-2-4(7)8;4-2(5)1-3(6)7;1-2(4)3(5)6;1-3-2;3-1-2(4)5;3*1-2;;/h1-8H;3-6H,1-2H2,(H,11,12)(H,13,14);3-5H,1-2H2,(H,9,10);1-4H2,(H,7,8)(H,9,10);1-5,7H;1-6H;1-2H3,(H,6,7)(H,8,9);4H,1-3H2,(H,7,8);1-3H,(H,6,7);2H,1H3,(H,5,6)(H,7,8);1-2H2,(H,5,6)(H,7,8);1-2H,(H,5,6)(H,7,8);1H2,(H,4,5)(H,6,7);2,4H,1H3,(H,5,6);3H2,1-2H3;3H,1H2,(H,4,5);3*1-2H3;2*1H4/b;;;;;;;;2-1+;;;2-1-;;;;;;;;;. The third-order valence-corrected chi connectivity index (χ3v) is 11.5. The molecule has 0 saturated carbocycles. The second-order valence-corrected chi connectivity index (χ2v) is 23.0. The fourth-order valence-electron chi connectivity index (χ4n) is 5.18. The Hall–Kier alpha value is -16.9. The number of phenolic OH excluding ortho intramolecular Hbond substituents is 1. The van der Waals surface area contributed by atoms with Crippen LogP contribution < -0.4 is 0 Å². The molecule has 0 aliphatic carbocycles. The zero-order valence-electron chi connectivity index (χ0n) is 76.9. The van der Waals surface area contributed by atoms with Gasteiger partial charge in [-0.25, -0.2) is 24.0 Å². The average Bonchev–Trinajstić information content (AvgIpc) is 0.865. The molecule has 0 aliphatic heterocycles. The number of aliphatic hydroxyl groups excluding tert-OH is 2. The minimum Gasteiger partial charge on any atom is -0.508 e. The van der Waals surface area contributed by atoms with Gasteiger partial charge in [0.1, 0.15) is 68.9 Å². The van der Waals surface area contributed by atoms with Crippen LogP contribution in [-0.2, 0) is 148 Å². The Balaban J connectivity index is -0.0000000771. The second kappa shape index (κ2) is 122. The Labute approximate surface area is 803 Å². The van der Waals surface area contributed by atoms with Crippen molar-refractivity contribution in [2.75, 3.05) is 33.0 Å². The van der Waals surface area contributed by atoms with Gasteiger partial charge >= 0.3 is 113 Å². The number of para-hydroxylation sites is 1. The molecular weight excluding hydrogens is 1890 g/mol. The molecular formula is C87H132O53. The van der Waals surface area contributed by atoms with Crippen LogP contribution in [0.2, 0.25) is 0 Å². The van der Waals surface area contributed by atoms with Crippen molar-refractivity contribution in [3.63, 3.8) is 0 Å². The van der Waals surface area contributed by atoms with Crippen LogP contribution in [-0.4, -0.2) is 310 Å². The van der Waals surface area contributed by atoms with E-state index in [1.807, 2.05) is 84.0 Å². The Kier molecular flexibility index (Phi) is 142. The van der Waals surface area contributed by atoms with Crippen molar-refractivity contribution < 1.29 is 261 Å². The van der Waals surface area contributed by atoms with Gasteiger partial charge in [-0.2, -0.15) is 0 Å². The highest BCUT2D eigenvalue weighted by Crippen LogP contribution is 2.15. The maximum Gasteiger partial charge on any atom is 0.332 e.